The molecule has 0 heterocycles. The Morgan fingerprint density at radius 1 is 0.457 bits per heavy atom. The molecule has 0 fully saturated rings. The van der Waals surface area contributed by atoms with Crippen molar-refractivity contribution in [2.45, 2.75) is 5.66 Å². The number of hydrogen-bond donors (Lipinski definition) is 0. The van der Waals surface area contributed by atoms with Gasteiger partial charge in [0, 0.05) is 11.1 Å². The second-order valence-corrected chi connectivity index (χ2v) is 11.8. The van der Waals surface area contributed by atoms with Crippen LogP contribution in [-0.4, -0.2) is 5.78 Å². The van der Waals surface area contributed by atoms with Crippen molar-refractivity contribution in [3.8, 4) is 0 Å². The summed E-state index contributed by atoms with van der Waals surface area (Å²) in [6.45, 7) is 0. The van der Waals surface area contributed by atoms with E-state index in [2.05, 4.69) is 84.9 Å². The van der Waals surface area contributed by atoms with Crippen molar-refractivity contribution >= 4 is 29.0 Å². The highest BCUT2D eigenvalue weighted by atomic mass is 35.5. The molecule has 0 radical (unpaired) electrons. The molecule has 1 atom stereocenters. The Balaban J connectivity index is 0.00000289. The summed E-state index contributed by atoms with van der Waals surface area (Å²) in [5.74, 6) is 0.150. The van der Waals surface area contributed by atoms with E-state index in [-0.39, 0.29) is 23.8 Å². The smallest absolute Gasteiger partial charge is 0.208 e. The Morgan fingerprint density at radius 2 is 0.771 bits per heavy atom. The van der Waals surface area contributed by atoms with Gasteiger partial charge in [0.25, 0.3) is 0 Å². The van der Waals surface area contributed by atoms with Gasteiger partial charge in [-0.2, -0.15) is 0 Å². The van der Waals surface area contributed by atoms with Gasteiger partial charge in [0.15, 0.2) is 5.66 Å². The normalized spacial score (nSPS) is 11.8. The lowest BCUT2D eigenvalue weighted by atomic mass is 10.0. The van der Waals surface area contributed by atoms with Crippen molar-refractivity contribution in [3.63, 3.8) is 0 Å². The van der Waals surface area contributed by atoms with Crippen molar-refractivity contribution in [3.05, 3.63) is 163 Å². The summed E-state index contributed by atoms with van der Waals surface area (Å²) in [5.41, 5.74) is 1.42. The highest BCUT2D eigenvalue weighted by Crippen LogP contribution is 2.67. The van der Waals surface area contributed by atoms with Crippen molar-refractivity contribution in [1.82, 2.24) is 0 Å². The van der Waals surface area contributed by atoms with Crippen molar-refractivity contribution in [1.29, 1.82) is 0 Å². The van der Waals surface area contributed by atoms with Gasteiger partial charge in [-0.3, -0.25) is 4.79 Å². The van der Waals surface area contributed by atoms with E-state index in [4.69, 9.17) is 0 Å². The van der Waals surface area contributed by atoms with Gasteiger partial charge < -0.3 is 12.4 Å². The van der Waals surface area contributed by atoms with Gasteiger partial charge in [-0.1, -0.05) is 115 Å². The predicted molar refractivity (Wildman–Crippen MR) is 145 cm³/mol. The van der Waals surface area contributed by atoms with Gasteiger partial charge in [0.05, 0.1) is 0 Å². The number of benzene rings is 5. The van der Waals surface area contributed by atoms with Crippen LogP contribution >= 0.6 is 7.26 Å². The molecule has 0 saturated carbocycles. The van der Waals surface area contributed by atoms with E-state index in [1.54, 1.807) is 0 Å². The molecule has 0 N–H and O–H groups in total. The Morgan fingerprint density at radius 3 is 1.14 bits per heavy atom. The van der Waals surface area contributed by atoms with E-state index < -0.39 is 7.26 Å². The molecule has 5 rings (SSSR count). The van der Waals surface area contributed by atoms with Crippen LogP contribution in [0.3, 0.4) is 0 Å². The summed E-state index contributed by atoms with van der Waals surface area (Å²) < 4.78 is 0. The first-order chi connectivity index (χ1) is 16.8. The Bertz CT molecular complexity index is 1250. The quantitative estimate of drug-likeness (QED) is 0.250. The number of ketones is 1. The molecule has 0 amide bonds. The van der Waals surface area contributed by atoms with E-state index in [0.717, 1.165) is 11.1 Å². The standard InChI is InChI=1S/C32H26OP.ClH/c33-31(26-16-6-1-7-17-26)32(27-18-8-2-9-19-27)34(28-20-10-3-11-21-28,29-22-12-4-13-23-29)30-24-14-5-15-25-30;/h1-25,32H;1H/q+1;/p-1. The molecule has 1 unspecified atom stereocenters. The molecule has 35 heavy (non-hydrogen) atoms. The molecule has 3 heteroatoms. The Labute approximate surface area is 214 Å². The molecular formula is C32H26ClOP. The fourth-order valence-electron chi connectivity index (χ4n) is 4.83. The van der Waals surface area contributed by atoms with Gasteiger partial charge in [-0.25, -0.2) is 0 Å². The van der Waals surface area contributed by atoms with Crippen LogP contribution < -0.4 is 28.3 Å². The maximum Gasteiger partial charge on any atom is 0.208 e. The minimum absolute atomic E-state index is 0. The molecule has 1 nitrogen and oxygen atoms in total. The molecule has 5 aromatic carbocycles. The molecule has 0 bridgehead atoms. The van der Waals surface area contributed by atoms with Gasteiger partial charge >= 0.3 is 0 Å². The number of rotatable bonds is 7. The lowest BCUT2D eigenvalue weighted by Crippen LogP contribution is -3.00. The lowest BCUT2D eigenvalue weighted by Gasteiger charge is -2.34. The van der Waals surface area contributed by atoms with Crippen LogP contribution in [-0.2, 0) is 0 Å². The first-order valence-electron chi connectivity index (χ1n) is 11.5. The Kier molecular flexibility index (Phi) is 7.93. The zero-order chi connectivity index (χ0) is 23.2. The van der Waals surface area contributed by atoms with Crippen LogP contribution in [0, 0.1) is 0 Å². The highest BCUT2D eigenvalue weighted by molar-refractivity contribution is 7.96. The van der Waals surface area contributed by atoms with Crippen LogP contribution in [0.2, 0.25) is 0 Å². The van der Waals surface area contributed by atoms with Gasteiger partial charge in [0.1, 0.15) is 23.2 Å². The molecule has 0 saturated heterocycles. The number of carbonyl (C=O) groups is 1. The molecular weight excluding hydrogens is 467 g/mol. The highest BCUT2D eigenvalue weighted by Gasteiger charge is 2.56. The summed E-state index contributed by atoms with van der Waals surface area (Å²) in [5, 5.41) is 3.60. The van der Waals surface area contributed by atoms with E-state index >= 15 is 0 Å². The second-order valence-electron chi connectivity index (χ2n) is 8.27. The summed E-state index contributed by atoms with van der Waals surface area (Å²) in [6, 6.07) is 51.9. The van der Waals surface area contributed by atoms with E-state index in [1.165, 1.54) is 15.9 Å². The molecule has 5 aromatic rings. The summed E-state index contributed by atoms with van der Waals surface area (Å²) in [4.78, 5) is 14.5. The van der Waals surface area contributed by atoms with Crippen LogP contribution in [0.15, 0.2) is 152 Å². The van der Waals surface area contributed by atoms with Crippen molar-refractivity contribution in [2.24, 2.45) is 0 Å². The minimum atomic E-state index is -2.46. The summed E-state index contributed by atoms with van der Waals surface area (Å²) >= 11 is 0. The minimum Gasteiger partial charge on any atom is -1.00 e. The molecule has 0 aliphatic heterocycles. The maximum atomic E-state index is 14.5. The van der Waals surface area contributed by atoms with Crippen LogP contribution in [0.5, 0.6) is 0 Å². The SMILES string of the molecule is O=C(c1ccccc1)C(c1ccccc1)[P+](c1ccccc1)(c1ccccc1)c1ccccc1.[Cl-]. The van der Waals surface area contributed by atoms with E-state index in [0.29, 0.717) is 0 Å². The van der Waals surface area contributed by atoms with Gasteiger partial charge in [0.2, 0.25) is 5.78 Å². The molecule has 0 spiro atoms. The molecule has 0 aliphatic rings. The Hall–Kier alpha value is -3.51. The molecule has 0 aromatic heterocycles. The molecule has 0 aliphatic carbocycles. The zero-order valence-electron chi connectivity index (χ0n) is 19.2. The number of carbonyl (C=O) groups excluding carboxylic acids is 1. The first-order valence-corrected chi connectivity index (χ1v) is 13.4. The third-order valence-corrected chi connectivity index (χ3v) is 10.9. The lowest BCUT2D eigenvalue weighted by molar-refractivity contribution is -0.0000144. The first kappa shape index (κ1) is 24.6. The summed E-state index contributed by atoms with van der Waals surface area (Å²) in [7, 11) is -2.46. The number of halogens is 1. The molecule has 172 valence electrons. The number of Topliss-reactive ketones (excluding diaryl/α,β-unsaturated/α-hetero) is 1. The third kappa shape index (κ3) is 4.71. The zero-order valence-corrected chi connectivity index (χ0v) is 20.9. The topological polar surface area (TPSA) is 17.1 Å². The van der Waals surface area contributed by atoms with Gasteiger partial charge in [-0.15, -0.1) is 0 Å². The fraction of sp³-hybridized carbons (Fsp3) is 0.0312. The monoisotopic (exact) mass is 492 g/mol. The average molecular weight is 493 g/mol. The largest absolute Gasteiger partial charge is 1.00 e. The van der Waals surface area contributed by atoms with Crippen LogP contribution in [0.1, 0.15) is 21.6 Å². The van der Waals surface area contributed by atoms with Crippen LogP contribution in [0.4, 0.5) is 0 Å². The maximum absolute atomic E-state index is 14.5. The second kappa shape index (κ2) is 11.3. The number of hydrogen-bond acceptors (Lipinski definition) is 1. The third-order valence-electron chi connectivity index (χ3n) is 6.30. The van der Waals surface area contributed by atoms with Crippen molar-refractivity contribution in [2.75, 3.05) is 0 Å². The van der Waals surface area contributed by atoms with E-state index in [1.807, 2.05) is 66.7 Å². The van der Waals surface area contributed by atoms with Crippen LogP contribution in [0.25, 0.3) is 0 Å². The van der Waals surface area contributed by atoms with Crippen molar-refractivity contribution < 1.29 is 17.2 Å². The summed E-state index contributed by atoms with van der Waals surface area (Å²) in [6.07, 6.45) is 0. The van der Waals surface area contributed by atoms with E-state index in [9.17, 15) is 4.79 Å². The fourth-order valence-corrected chi connectivity index (χ4v) is 9.67. The average Bonchev–Trinajstić information content (AvgIpc) is 2.94. The predicted octanol–water partition coefficient (Wildman–Crippen LogP) is 3.61. The van der Waals surface area contributed by atoms with Gasteiger partial charge in [-0.05, 0) is 36.4 Å².